The summed E-state index contributed by atoms with van der Waals surface area (Å²) >= 11 is 0. The monoisotopic (exact) mass is 868 g/mol. The van der Waals surface area contributed by atoms with E-state index in [2.05, 4.69) is 0 Å². The molecule has 16 nitrogen and oxygen atoms in total. The van der Waals surface area contributed by atoms with Crippen LogP contribution in [0.1, 0.15) is 70.4 Å². The molecule has 0 radical (unpaired) electrons. The smallest absolute Gasteiger partial charge is 0.414 e. The molecule has 2 aliphatic carbocycles. The fourth-order valence-corrected chi connectivity index (χ4v) is 11.7. The molecule has 12 rings (SSSR count). The lowest BCUT2D eigenvalue weighted by molar-refractivity contribution is -0.121. The van der Waals surface area contributed by atoms with Crippen molar-refractivity contribution < 1.29 is 57.9 Å². The number of cyclic esters (lactones) is 2. The Labute approximate surface area is 366 Å². The van der Waals surface area contributed by atoms with Gasteiger partial charge in [-0.05, 0) is 109 Å². The van der Waals surface area contributed by atoms with Gasteiger partial charge in [-0.25, -0.2) is 19.2 Å². The number of carboxylic acid groups (broad SMARTS) is 2. The zero-order valence-electron chi connectivity index (χ0n) is 34.7. The Bertz CT molecular complexity index is 2520. The zero-order chi connectivity index (χ0) is 44.2. The van der Waals surface area contributed by atoms with Crippen LogP contribution in [0.4, 0.5) is 43.7 Å². The SMILES string of the molecule is O=C(O)c1cc(N2CCOC2=O)cc(N2C(=O)[C@@]3(CC34CCOCC4)c3ccccc32)c1.O=C(O)c1cc(N2CCOC2=O)cc(N2C(=O)[C@]3(CC34CCOCC4)c3ccccc32)c1. The lowest BCUT2D eigenvalue weighted by Crippen LogP contribution is -2.35. The maximum Gasteiger partial charge on any atom is 0.414 e. The molecule has 0 bridgehead atoms. The van der Waals surface area contributed by atoms with Crippen molar-refractivity contribution in [2.24, 2.45) is 10.8 Å². The average molecular weight is 869 g/mol. The third-order valence-electron chi connectivity index (χ3n) is 15.0. The van der Waals surface area contributed by atoms with Crippen LogP contribution in [0.5, 0.6) is 0 Å². The quantitative estimate of drug-likeness (QED) is 0.204. The third kappa shape index (κ3) is 5.67. The van der Waals surface area contributed by atoms with Crippen LogP contribution in [0.2, 0.25) is 0 Å². The normalized spacial score (nSPS) is 25.4. The number of hydrogen-bond acceptors (Lipinski definition) is 10. The van der Waals surface area contributed by atoms with Gasteiger partial charge in [0.25, 0.3) is 0 Å². The number of anilines is 6. The number of rotatable bonds is 6. The van der Waals surface area contributed by atoms with Gasteiger partial charge in [0.2, 0.25) is 11.8 Å². The Kier molecular flexibility index (Phi) is 8.99. The van der Waals surface area contributed by atoms with Crippen LogP contribution in [-0.4, -0.2) is 98.9 Å². The number of hydrogen-bond donors (Lipinski definition) is 2. The number of carbonyl (C=O) groups excluding carboxylic acids is 4. The van der Waals surface area contributed by atoms with Gasteiger partial charge in [-0.15, -0.1) is 0 Å². The molecule has 4 spiro atoms. The van der Waals surface area contributed by atoms with E-state index in [1.54, 1.807) is 21.9 Å². The number of ether oxygens (including phenoxy) is 4. The molecule has 6 aliphatic heterocycles. The van der Waals surface area contributed by atoms with Crippen molar-refractivity contribution in [3.63, 3.8) is 0 Å². The van der Waals surface area contributed by atoms with Crippen LogP contribution < -0.4 is 19.6 Å². The molecule has 64 heavy (non-hydrogen) atoms. The summed E-state index contributed by atoms with van der Waals surface area (Å²) in [6.07, 6.45) is 3.85. The fourth-order valence-electron chi connectivity index (χ4n) is 11.7. The van der Waals surface area contributed by atoms with E-state index in [1.807, 2.05) is 48.5 Å². The number of fused-ring (bicyclic) bond motifs is 6. The molecule has 0 aromatic heterocycles. The van der Waals surface area contributed by atoms with Crippen molar-refractivity contribution in [2.45, 2.75) is 49.4 Å². The topological polar surface area (TPSA) is 193 Å². The minimum absolute atomic E-state index is 0.0139. The summed E-state index contributed by atoms with van der Waals surface area (Å²) in [6, 6.07) is 24.8. The van der Waals surface area contributed by atoms with Crippen molar-refractivity contribution >= 4 is 70.1 Å². The van der Waals surface area contributed by atoms with E-state index >= 15 is 0 Å². The van der Waals surface area contributed by atoms with E-state index in [-0.39, 0.29) is 47.0 Å². The highest BCUT2D eigenvalue weighted by Crippen LogP contribution is 2.75. The summed E-state index contributed by atoms with van der Waals surface area (Å²) in [7, 11) is 0. The number of para-hydroxylation sites is 2. The van der Waals surface area contributed by atoms with E-state index in [9.17, 15) is 39.0 Å². The summed E-state index contributed by atoms with van der Waals surface area (Å²) in [6.45, 7) is 3.73. The maximum atomic E-state index is 14.0. The second-order valence-electron chi connectivity index (χ2n) is 17.9. The molecule has 6 heterocycles. The predicted octanol–water partition coefficient (Wildman–Crippen LogP) is 6.92. The Morgan fingerprint density at radius 2 is 0.875 bits per heavy atom. The van der Waals surface area contributed by atoms with Crippen molar-refractivity contribution in [3.05, 3.63) is 107 Å². The second-order valence-corrected chi connectivity index (χ2v) is 17.9. The molecule has 4 aromatic rings. The number of nitrogens with zero attached hydrogens (tertiary/aromatic N) is 4. The molecule has 328 valence electrons. The van der Waals surface area contributed by atoms with Crippen LogP contribution in [0.3, 0.4) is 0 Å². The summed E-state index contributed by atoms with van der Waals surface area (Å²) in [5.74, 6) is -2.30. The fraction of sp³-hybridized carbons (Fsp3) is 0.375. The highest BCUT2D eigenvalue weighted by atomic mass is 16.6. The molecular formula is C48H44N4O12. The number of aromatic carboxylic acids is 2. The molecule has 0 unspecified atom stereocenters. The highest BCUT2D eigenvalue weighted by molar-refractivity contribution is 6.17. The van der Waals surface area contributed by atoms with Gasteiger partial charge >= 0.3 is 24.1 Å². The standard InChI is InChI=1S/2C24H22N2O6/c2*27-20(28)15-11-16(25-7-10-32-22(25)30)13-17(12-15)26-19-4-2-1-3-18(19)24(21(26)29)14-23(24)5-8-31-9-6-23/h2*1-4,11-13H,5-10,14H2,(H,27,28)/t2*24-/m10/s1. The molecule has 4 saturated heterocycles. The average Bonchev–Trinajstić information content (AvgIpc) is 3.73. The lowest BCUT2D eigenvalue weighted by atomic mass is 9.82. The van der Waals surface area contributed by atoms with Gasteiger partial charge in [0, 0.05) is 26.4 Å². The van der Waals surface area contributed by atoms with Gasteiger partial charge in [0.15, 0.2) is 0 Å². The highest BCUT2D eigenvalue weighted by Gasteiger charge is 2.77. The predicted molar refractivity (Wildman–Crippen MR) is 229 cm³/mol. The van der Waals surface area contributed by atoms with E-state index in [0.717, 1.165) is 61.0 Å². The first kappa shape index (κ1) is 40.0. The van der Waals surface area contributed by atoms with Gasteiger partial charge in [-0.3, -0.25) is 29.2 Å². The van der Waals surface area contributed by atoms with Gasteiger partial charge in [-0.2, -0.15) is 0 Å². The van der Waals surface area contributed by atoms with Crippen LogP contribution in [0.15, 0.2) is 84.9 Å². The van der Waals surface area contributed by atoms with E-state index < -0.39 is 35.0 Å². The molecule has 2 N–H and O–H groups in total. The largest absolute Gasteiger partial charge is 0.478 e. The van der Waals surface area contributed by atoms with Crippen LogP contribution >= 0.6 is 0 Å². The molecule has 8 aliphatic rings. The molecule has 4 aromatic carbocycles. The Morgan fingerprint density at radius 1 is 0.500 bits per heavy atom. The second kappa shape index (κ2) is 14.4. The summed E-state index contributed by atoms with van der Waals surface area (Å²) in [5.41, 5.74) is 3.86. The summed E-state index contributed by atoms with van der Waals surface area (Å²) in [5, 5.41) is 19.4. The number of amides is 4. The van der Waals surface area contributed by atoms with Crippen molar-refractivity contribution in [1.29, 1.82) is 0 Å². The Balaban J connectivity index is 0.000000143. The number of carbonyl (C=O) groups is 6. The minimum Gasteiger partial charge on any atom is -0.478 e. The molecule has 6 fully saturated rings. The molecule has 2 saturated carbocycles. The Hall–Kier alpha value is -6.78. The van der Waals surface area contributed by atoms with Gasteiger partial charge in [0.05, 0.1) is 69.2 Å². The van der Waals surface area contributed by atoms with Crippen molar-refractivity contribution in [2.75, 3.05) is 72.3 Å². The Morgan fingerprint density at radius 3 is 1.23 bits per heavy atom. The lowest BCUT2D eigenvalue weighted by Gasteiger charge is -2.27. The van der Waals surface area contributed by atoms with E-state index in [1.165, 1.54) is 34.1 Å². The van der Waals surface area contributed by atoms with Crippen LogP contribution in [-0.2, 0) is 39.4 Å². The minimum atomic E-state index is -1.12. The van der Waals surface area contributed by atoms with Gasteiger partial charge < -0.3 is 29.2 Å². The molecule has 16 heteroatoms. The summed E-state index contributed by atoms with van der Waals surface area (Å²) < 4.78 is 21.2. The number of carboxylic acids is 2. The van der Waals surface area contributed by atoms with Crippen molar-refractivity contribution in [1.82, 2.24) is 0 Å². The molecule has 4 amide bonds. The molecule has 2 atom stereocenters. The third-order valence-corrected chi connectivity index (χ3v) is 15.0. The van der Waals surface area contributed by atoms with Gasteiger partial charge in [-0.1, -0.05) is 36.4 Å². The zero-order valence-corrected chi connectivity index (χ0v) is 34.7. The summed E-state index contributed by atoms with van der Waals surface area (Å²) in [4.78, 5) is 82.1. The first-order valence-electron chi connectivity index (χ1n) is 21.6. The number of benzene rings is 4. The van der Waals surface area contributed by atoms with E-state index in [4.69, 9.17) is 18.9 Å². The first-order valence-corrected chi connectivity index (χ1v) is 21.6. The maximum absolute atomic E-state index is 14.0. The van der Waals surface area contributed by atoms with Crippen LogP contribution in [0, 0.1) is 10.8 Å². The molecular weight excluding hydrogens is 825 g/mol. The van der Waals surface area contributed by atoms with Gasteiger partial charge in [0.1, 0.15) is 13.2 Å². The van der Waals surface area contributed by atoms with E-state index in [0.29, 0.717) is 62.3 Å². The van der Waals surface area contributed by atoms with Crippen LogP contribution in [0.25, 0.3) is 0 Å². The first-order chi connectivity index (χ1) is 30.9. The van der Waals surface area contributed by atoms with Crippen molar-refractivity contribution in [3.8, 4) is 0 Å².